The Labute approximate surface area is 165 Å². The summed E-state index contributed by atoms with van der Waals surface area (Å²) in [4.78, 5) is 21.5. The Morgan fingerprint density at radius 1 is 1.11 bits per heavy atom. The smallest absolute Gasteiger partial charge is 0.259 e. The van der Waals surface area contributed by atoms with E-state index in [-0.39, 0.29) is 5.91 Å². The number of fused-ring (bicyclic) bond motifs is 1. The number of aromatic nitrogens is 1. The largest absolute Gasteiger partial charge is 0.497 e. The van der Waals surface area contributed by atoms with Crippen LogP contribution in [0.3, 0.4) is 0 Å². The van der Waals surface area contributed by atoms with Crippen molar-refractivity contribution >= 4 is 23.1 Å². The van der Waals surface area contributed by atoms with Crippen LogP contribution in [0.25, 0.3) is 0 Å². The van der Waals surface area contributed by atoms with Crippen molar-refractivity contribution in [3.63, 3.8) is 0 Å². The highest BCUT2D eigenvalue weighted by Gasteiger charge is 2.24. The Bertz CT molecular complexity index is 971. The van der Waals surface area contributed by atoms with Gasteiger partial charge in [0.15, 0.2) is 0 Å². The minimum absolute atomic E-state index is 0.0208. The van der Waals surface area contributed by atoms with Crippen LogP contribution < -0.4 is 14.5 Å². The van der Waals surface area contributed by atoms with E-state index in [1.807, 2.05) is 77.5 Å². The molecule has 0 bridgehead atoms. The maximum absolute atomic E-state index is 13.1. The van der Waals surface area contributed by atoms with Gasteiger partial charge >= 0.3 is 0 Å². The van der Waals surface area contributed by atoms with E-state index in [9.17, 15) is 4.79 Å². The fourth-order valence-corrected chi connectivity index (χ4v) is 3.56. The number of ether oxygens (including phenoxy) is 1. The molecule has 1 aliphatic heterocycles. The Balaban J connectivity index is 1.56. The third kappa shape index (κ3) is 3.43. The normalized spacial score (nSPS) is 13.0. The van der Waals surface area contributed by atoms with Crippen molar-refractivity contribution in [2.24, 2.45) is 0 Å². The number of hydrogen-bond donors (Lipinski definition) is 0. The van der Waals surface area contributed by atoms with Crippen LogP contribution in [0.5, 0.6) is 5.75 Å². The summed E-state index contributed by atoms with van der Waals surface area (Å²) in [5.74, 6) is 1.60. The topological polar surface area (TPSA) is 45.7 Å². The van der Waals surface area contributed by atoms with Crippen molar-refractivity contribution in [2.75, 3.05) is 30.5 Å². The molecule has 2 aromatic carbocycles. The molecule has 0 radical (unpaired) electrons. The number of hydrogen-bond acceptors (Lipinski definition) is 4. The molecule has 5 nitrogen and oxygen atoms in total. The number of benzene rings is 2. The molecule has 142 valence electrons. The summed E-state index contributed by atoms with van der Waals surface area (Å²) in [6, 6.07) is 19.7. The van der Waals surface area contributed by atoms with Crippen molar-refractivity contribution < 1.29 is 9.53 Å². The number of nitrogens with zero attached hydrogens (tertiary/aromatic N) is 3. The van der Waals surface area contributed by atoms with Crippen LogP contribution in [0.4, 0.5) is 17.2 Å². The van der Waals surface area contributed by atoms with Crippen LogP contribution in [-0.2, 0) is 6.42 Å². The van der Waals surface area contributed by atoms with E-state index in [0.717, 1.165) is 41.3 Å². The highest BCUT2D eigenvalue weighted by molar-refractivity contribution is 6.06. The lowest BCUT2D eigenvalue weighted by Crippen LogP contribution is -2.35. The lowest BCUT2D eigenvalue weighted by atomic mass is 10.0. The minimum Gasteiger partial charge on any atom is -0.497 e. The quantitative estimate of drug-likeness (QED) is 0.678. The van der Waals surface area contributed by atoms with Gasteiger partial charge in [-0.25, -0.2) is 4.98 Å². The molecule has 1 amide bonds. The Morgan fingerprint density at radius 3 is 2.64 bits per heavy atom. The third-order valence-electron chi connectivity index (χ3n) is 5.13. The Kier molecular flexibility index (Phi) is 4.98. The van der Waals surface area contributed by atoms with Crippen LogP contribution in [0.2, 0.25) is 0 Å². The van der Waals surface area contributed by atoms with E-state index < -0.39 is 0 Å². The van der Waals surface area contributed by atoms with Gasteiger partial charge < -0.3 is 14.5 Å². The lowest BCUT2D eigenvalue weighted by molar-refractivity contribution is 0.0984. The maximum atomic E-state index is 13.1. The average molecular weight is 373 g/mol. The molecule has 28 heavy (non-hydrogen) atoms. The highest BCUT2D eigenvalue weighted by Crippen LogP contribution is 2.31. The predicted molar refractivity (Wildman–Crippen MR) is 112 cm³/mol. The molecular formula is C23H23N3O2. The van der Waals surface area contributed by atoms with Gasteiger partial charge in [-0.05, 0) is 60.9 Å². The molecule has 0 atom stereocenters. The average Bonchev–Trinajstić information content (AvgIpc) is 2.78. The van der Waals surface area contributed by atoms with Crippen molar-refractivity contribution in [1.82, 2.24) is 4.98 Å². The van der Waals surface area contributed by atoms with Gasteiger partial charge in [-0.15, -0.1) is 0 Å². The zero-order valence-electron chi connectivity index (χ0n) is 16.1. The van der Waals surface area contributed by atoms with Crippen LogP contribution in [0.15, 0.2) is 66.9 Å². The molecule has 3 aromatic rings. The molecule has 2 heterocycles. The van der Waals surface area contributed by atoms with Gasteiger partial charge in [0.05, 0.1) is 12.7 Å². The second-order valence-electron chi connectivity index (χ2n) is 6.85. The number of para-hydroxylation sites is 1. The van der Waals surface area contributed by atoms with Crippen LogP contribution in [0, 0.1) is 0 Å². The summed E-state index contributed by atoms with van der Waals surface area (Å²) in [7, 11) is 3.63. The van der Waals surface area contributed by atoms with Gasteiger partial charge in [0.2, 0.25) is 0 Å². The van der Waals surface area contributed by atoms with E-state index in [4.69, 9.17) is 4.74 Å². The van der Waals surface area contributed by atoms with E-state index in [0.29, 0.717) is 12.1 Å². The first kappa shape index (κ1) is 18.0. The number of rotatable bonds is 4. The second-order valence-corrected chi connectivity index (χ2v) is 6.85. The molecule has 0 N–H and O–H groups in total. The Hall–Kier alpha value is -3.34. The van der Waals surface area contributed by atoms with Gasteiger partial charge in [0.25, 0.3) is 5.91 Å². The summed E-state index contributed by atoms with van der Waals surface area (Å²) < 4.78 is 5.31. The van der Waals surface area contributed by atoms with Gasteiger partial charge in [0.1, 0.15) is 11.6 Å². The summed E-state index contributed by atoms with van der Waals surface area (Å²) in [5.41, 5.74) is 3.75. The van der Waals surface area contributed by atoms with E-state index in [1.165, 1.54) is 0 Å². The SMILES string of the molecule is COc1ccc2c(c1)CCCN2C(=O)c1ccc(N(C)c2ccccc2)nc1. The lowest BCUT2D eigenvalue weighted by Gasteiger charge is -2.30. The summed E-state index contributed by atoms with van der Waals surface area (Å²) in [6.07, 6.45) is 3.55. The Morgan fingerprint density at radius 2 is 1.93 bits per heavy atom. The van der Waals surface area contributed by atoms with E-state index in [1.54, 1.807) is 13.3 Å². The molecule has 5 heteroatoms. The standard InChI is InChI=1S/C23H23N3O2/c1-25(19-8-4-3-5-9-19)22-13-10-18(16-24-22)23(27)26-14-6-7-17-15-20(28-2)11-12-21(17)26/h3-5,8-13,15-16H,6-7,14H2,1-2H3. The number of aryl methyl sites for hydroxylation is 1. The second kappa shape index (κ2) is 7.72. The zero-order valence-corrected chi connectivity index (χ0v) is 16.1. The first-order valence-electron chi connectivity index (χ1n) is 9.41. The van der Waals surface area contributed by atoms with Crippen LogP contribution >= 0.6 is 0 Å². The zero-order chi connectivity index (χ0) is 19.5. The summed E-state index contributed by atoms with van der Waals surface area (Å²) in [6.45, 7) is 0.712. The maximum Gasteiger partial charge on any atom is 0.259 e. The minimum atomic E-state index is -0.0208. The molecule has 1 aliphatic rings. The monoisotopic (exact) mass is 373 g/mol. The molecule has 0 saturated heterocycles. The van der Waals surface area contributed by atoms with Crippen molar-refractivity contribution in [3.05, 3.63) is 78.0 Å². The molecular weight excluding hydrogens is 350 g/mol. The first-order valence-corrected chi connectivity index (χ1v) is 9.41. The van der Waals surface area contributed by atoms with Crippen LogP contribution in [0.1, 0.15) is 22.3 Å². The summed E-state index contributed by atoms with van der Waals surface area (Å²) in [5, 5.41) is 0. The number of carbonyl (C=O) groups excluding carboxylic acids is 1. The van der Waals surface area contributed by atoms with Crippen LogP contribution in [-0.4, -0.2) is 31.6 Å². The number of carbonyl (C=O) groups is 1. The molecule has 0 fully saturated rings. The van der Waals surface area contributed by atoms with Crippen molar-refractivity contribution in [1.29, 1.82) is 0 Å². The third-order valence-corrected chi connectivity index (χ3v) is 5.13. The van der Waals surface area contributed by atoms with E-state index >= 15 is 0 Å². The van der Waals surface area contributed by atoms with Gasteiger partial charge in [-0.1, -0.05) is 18.2 Å². The molecule has 4 rings (SSSR count). The van der Waals surface area contributed by atoms with E-state index in [2.05, 4.69) is 4.98 Å². The molecule has 1 aromatic heterocycles. The molecule has 0 aliphatic carbocycles. The van der Waals surface area contributed by atoms with Crippen molar-refractivity contribution in [2.45, 2.75) is 12.8 Å². The predicted octanol–water partition coefficient (Wildman–Crippen LogP) is 4.45. The van der Waals surface area contributed by atoms with Crippen molar-refractivity contribution in [3.8, 4) is 5.75 Å². The van der Waals surface area contributed by atoms with Gasteiger partial charge in [0, 0.05) is 31.2 Å². The number of amides is 1. The van der Waals surface area contributed by atoms with Gasteiger partial charge in [-0.3, -0.25) is 4.79 Å². The highest BCUT2D eigenvalue weighted by atomic mass is 16.5. The number of pyridine rings is 1. The fourth-order valence-electron chi connectivity index (χ4n) is 3.56. The molecule has 0 saturated carbocycles. The number of anilines is 3. The first-order chi connectivity index (χ1) is 13.7. The summed E-state index contributed by atoms with van der Waals surface area (Å²) >= 11 is 0. The van der Waals surface area contributed by atoms with Gasteiger partial charge in [-0.2, -0.15) is 0 Å². The number of methoxy groups -OCH3 is 1. The molecule has 0 spiro atoms. The molecule has 0 unspecified atom stereocenters. The fraction of sp³-hybridized carbons (Fsp3) is 0.217.